The summed E-state index contributed by atoms with van der Waals surface area (Å²) < 4.78 is 44.7. The van der Waals surface area contributed by atoms with Crippen LogP contribution in [-0.2, 0) is 39.8 Å². The maximum absolute atomic E-state index is 13.4. The van der Waals surface area contributed by atoms with E-state index in [1.807, 2.05) is 11.0 Å². The van der Waals surface area contributed by atoms with Crippen molar-refractivity contribution in [1.29, 1.82) is 0 Å². The standard InChI is InChI=1S/C20H25F3N6O/c1-19(2,3)11-29-14-6-7-15(24-17(14)26(4)18(29)30)28-9-8-13-12(10-28)16(20(21,22)23)25-27(13)5/h6-7H,8-11H2,1-5H3. The molecule has 7 nitrogen and oxygen atoms in total. The van der Waals surface area contributed by atoms with Crippen LogP contribution in [0.2, 0.25) is 0 Å². The van der Waals surface area contributed by atoms with Crippen molar-refractivity contribution in [3.63, 3.8) is 0 Å². The van der Waals surface area contributed by atoms with Gasteiger partial charge in [0.15, 0.2) is 11.3 Å². The van der Waals surface area contributed by atoms with Crippen LogP contribution >= 0.6 is 0 Å². The van der Waals surface area contributed by atoms with Gasteiger partial charge in [0.05, 0.1) is 5.52 Å². The Hall–Kier alpha value is -2.78. The smallest absolute Gasteiger partial charge is 0.352 e. The minimum absolute atomic E-state index is 0.0766. The molecule has 1 aliphatic heterocycles. The van der Waals surface area contributed by atoms with Crippen molar-refractivity contribution in [3.05, 3.63) is 39.6 Å². The molecule has 0 N–H and O–H groups in total. The van der Waals surface area contributed by atoms with E-state index in [4.69, 9.17) is 0 Å². The molecule has 1 aliphatic rings. The fourth-order valence-electron chi connectivity index (χ4n) is 4.08. The normalized spacial score (nSPS) is 15.1. The second-order valence-electron chi connectivity index (χ2n) is 9.07. The molecule has 3 aromatic heterocycles. The summed E-state index contributed by atoms with van der Waals surface area (Å²) >= 11 is 0. The van der Waals surface area contributed by atoms with Crippen LogP contribution < -0.4 is 10.6 Å². The molecule has 0 radical (unpaired) electrons. The Bertz CT molecular complexity index is 1180. The molecule has 0 atom stereocenters. The average Bonchev–Trinajstić information content (AvgIpc) is 3.10. The Labute approximate surface area is 171 Å². The van der Waals surface area contributed by atoms with Crippen LogP contribution in [0.1, 0.15) is 37.7 Å². The number of pyridine rings is 1. The first-order valence-electron chi connectivity index (χ1n) is 9.80. The lowest BCUT2D eigenvalue weighted by Crippen LogP contribution is -2.32. The fraction of sp³-hybridized carbons (Fsp3) is 0.550. The van der Waals surface area contributed by atoms with E-state index in [9.17, 15) is 18.0 Å². The van der Waals surface area contributed by atoms with Crippen LogP contribution in [0, 0.1) is 5.41 Å². The quantitative estimate of drug-likeness (QED) is 0.637. The van der Waals surface area contributed by atoms with Crippen LogP contribution in [0.25, 0.3) is 11.2 Å². The van der Waals surface area contributed by atoms with E-state index in [1.54, 1.807) is 24.7 Å². The Morgan fingerprint density at radius 3 is 2.47 bits per heavy atom. The van der Waals surface area contributed by atoms with Crippen LogP contribution in [-0.4, -0.2) is 30.4 Å². The fourth-order valence-corrected chi connectivity index (χ4v) is 4.08. The predicted octanol–water partition coefficient (Wildman–Crippen LogP) is 3.10. The molecule has 10 heteroatoms. The molecule has 0 amide bonds. The Morgan fingerprint density at radius 1 is 1.13 bits per heavy atom. The minimum atomic E-state index is -4.50. The highest BCUT2D eigenvalue weighted by Gasteiger charge is 2.40. The number of alkyl halides is 3. The van der Waals surface area contributed by atoms with Gasteiger partial charge in [0.25, 0.3) is 0 Å². The number of anilines is 1. The number of hydrogen-bond donors (Lipinski definition) is 0. The molecule has 0 fully saturated rings. The number of aryl methyl sites for hydroxylation is 2. The molecule has 3 aromatic rings. The lowest BCUT2D eigenvalue weighted by molar-refractivity contribution is -0.142. The molecule has 4 heterocycles. The SMILES string of the molecule is Cn1nc(C(F)(F)F)c2c1CCN(c1ccc3c(n1)n(C)c(=O)n3CC(C)(C)C)C2. The third kappa shape index (κ3) is 3.37. The average molecular weight is 422 g/mol. The maximum atomic E-state index is 13.4. The van der Waals surface area contributed by atoms with E-state index in [0.717, 1.165) is 5.52 Å². The number of hydrogen-bond acceptors (Lipinski definition) is 4. The highest BCUT2D eigenvalue weighted by Crippen LogP contribution is 2.35. The van der Waals surface area contributed by atoms with E-state index in [2.05, 4.69) is 30.9 Å². The Balaban J connectivity index is 1.74. The van der Waals surface area contributed by atoms with Gasteiger partial charge in [-0.1, -0.05) is 20.8 Å². The number of nitrogens with zero attached hydrogens (tertiary/aromatic N) is 6. The van der Waals surface area contributed by atoms with Gasteiger partial charge >= 0.3 is 11.9 Å². The van der Waals surface area contributed by atoms with E-state index in [-0.39, 0.29) is 23.2 Å². The van der Waals surface area contributed by atoms with Crippen LogP contribution in [0.5, 0.6) is 0 Å². The Morgan fingerprint density at radius 2 is 1.83 bits per heavy atom. The molecular weight excluding hydrogens is 397 g/mol. The second-order valence-corrected chi connectivity index (χ2v) is 9.07. The third-order valence-electron chi connectivity index (χ3n) is 5.43. The van der Waals surface area contributed by atoms with Gasteiger partial charge in [0, 0.05) is 51.4 Å². The van der Waals surface area contributed by atoms with Crippen molar-refractivity contribution in [2.75, 3.05) is 11.4 Å². The monoisotopic (exact) mass is 422 g/mol. The first-order chi connectivity index (χ1) is 13.9. The summed E-state index contributed by atoms with van der Waals surface area (Å²) in [6.07, 6.45) is -4.06. The first kappa shape index (κ1) is 20.5. The highest BCUT2D eigenvalue weighted by molar-refractivity contribution is 5.74. The molecular formula is C20H25F3N6O. The van der Waals surface area contributed by atoms with Crippen molar-refractivity contribution in [2.24, 2.45) is 19.5 Å². The summed E-state index contributed by atoms with van der Waals surface area (Å²) in [5, 5.41) is 3.70. The zero-order valence-corrected chi connectivity index (χ0v) is 17.7. The molecule has 30 heavy (non-hydrogen) atoms. The maximum Gasteiger partial charge on any atom is 0.435 e. The van der Waals surface area contributed by atoms with Gasteiger partial charge in [-0.25, -0.2) is 9.78 Å². The van der Waals surface area contributed by atoms with E-state index < -0.39 is 11.9 Å². The minimum Gasteiger partial charge on any atom is -0.352 e. The van der Waals surface area contributed by atoms with Gasteiger partial charge in [-0.15, -0.1) is 0 Å². The lowest BCUT2D eigenvalue weighted by Gasteiger charge is -2.29. The molecule has 0 bridgehead atoms. The largest absolute Gasteiger partial charge is 0.435 e. The lowest BCUT2D eigenvalue weighted by atomic mass is 9.97. The van der Waals surface area contributed by atoms with Crippen molar-refractivity contribution in [2.45, 2.75) is 46.5 Å². The molecule has 0 saturated heterocycles. The van der Waals surface area contributed by atoms with Gasteiger partial charge in [0.2, 0.25) is 0 Å². The first-order valence-corrected chi connectivity index (χ1v) is 9.80. The molecule has 0 unspecified atom stereocenters. The summed E-state index contributed by atoms with van der Waals surface area (Å²) in [5.41, 5.74) is 0.951. The highest BCUT2D eigenvalue weighted by atomic mass is 19.4. The molecule has 4 rings (SSSR count). The topological polar surface area (TPSA) is 60.9 Å². The number of rotatable bonds is 2. The summed E-state index contributed by atoms with van der Waals surface area (Å²) in [6, 6.07) is 3.60. The van der Waals surface area contributed by atoms with Gasteiger partial charge in [-0.05, 0) is 17.5 Å². The summed E-state index contributed by atoms with van der Waals surface area (Å²) in [7, 11) is 3.21. The van der Waals surface area contributed by atoms with Gasteiger partial charge < -0.3 is 4.90 Å². The van der Waals surface area contributed by atoms with Gasteiger partial charge in [0.1, 0.15) is 5.82 Å². The number of aromatic nitrogens is 5. The van der Waals surface area contributed by atoms with E-state index in [1.165, 1.54) is 9.25 Å². The number of imidazole rings is 1. The number of halogens is 3. The zero-order valence-electron chi connectivity index (χ0n) is 17.7. The molecule has 162 valence electrons. The summed E-state index contributed by atoms with van der Waals surface area (Å²) in [6.45, 7) is 7.31. The molecule has 0 spiro atoms. The third-order valence-corrected chi connectivity index (χ3v) is 5.43. The molecule has 0 saturated carbocycles. The molecule has 0 aliphatic carbocycles. The van der Waals surface area contributed by atoms with Crippen molar-refractivity contribution in [1.82, 2.24) is 23.9 Å². The van der Waals surface area contributed by atoms with Crippen molar-refractivity contribution < 1.29 is 13.2 Å². The zero-order chi connectivity index (χ0) is 22.0. The van der Waals surface area contributed by atoms with E-state index in [0.29, 0.717) is 36.7 Å². The van der Waals surface area contributed by atoms with Gasteiger partial charge in [-0.3, -0.25) is 13.8 Å². The Kier molecular flexibility index (Phi) is 4.52. The summed E-state index contributed by atoms with van der Waals surface area (Å²) in [5.74, 6) is 0.550. The van der Waals surface area contributed by atoms with Crippen LogP contribution in [0.3, 0.4) is 0 Å². The summed E-state index contributed by atoms with van der Waals surface area (Å²) in [4.78, 5) is 19.2. The van der Waals surface area contributed by atoms with Crippen LogP contribution in [0.15, 0.2) is 16.9 Å². The van der Waals surface area contributed by atoms with Crippen LogP contribution in [0.4, 0.5) is 19.0 Å². The van der Waals surface area contributed by atoms with Gasteiger partial charge in [-0.2, -0.15) is 18.3 Å². The second kappa shape index (κ2) is 6.61. The molecule has 0 aromatic carbocycles. The predicted molar refractivity (Wildman–Crippen MR) is 107 cm³/mol. The van der Waals surface area contributed by atoms with Crippen molar-refractivity contribution >= 4 is 17.0 Å². The van der Waals surface area contributed by atoms with Crippen molar-refractivity contribution in [3.8, 4) is 0 Å². The van der Waals surface area contributed by atoms with E-state index >= 15 is 0 Å². The number of fused-ring (bicyclic) bond motifs is 2.